The first-order valence-corrected chi connectivity index (χ1v) is 9.14. The summed E-state index contributed by atoms with van der Waals surface area (Å²) in [6, 6.07) is 16.1. The maximum Gasteiger partial charge on any atom is 0.260 e. The van der Waals surface area contributed by atoms with Crippen molar-refractivity contribution in [3.05, 3.63) is 83.2 Å². The second-order valence-electron chi connectivity index (χ2n) is 7.03. The zero-order chi connectivity index (χ0) is 18.8. The van der Waals surface area contributed by atoms with Crippen LogP contribution in [0.25, 0.3) is 0 Å². The number of amides is 1. The molecule has 5 nitrogen and oxygen atoms in total. The van der Waals surface area contributed by atoms with E-state index in [9.17, 15) is 4.79 Å². The molecule has 1 aliphatic rings. The Morgan fingerprint density at radius 1 is 1.19 bits per heavy atom. The molecule has 0 saturated carbocycles. The van der Waals surface area contributed by atoms with Crippen molar-refractivity contribution in [1.82, 2.24) is 14.7 Å². The maximum absolute atomic E-state index is 12.9. The number of aromatic nitrogens is 2. The van der Waals surface area contributed by atoms with Gasteiger partial charge in [-0.2, -0.15) is 5.10 Å². The molecule has 0 radical (unpaired) electrons. The highest BCUT2D eigenvalue weighted by molar-refractivity contribution is 5.78. The summed E-state index contributed by atoms with van der Waals surface area (Å²) in [6.07, 6.45) is 3.92. The molecular formula is C22H23N3O2. The van der Waals surface area contributed by atoms with Crippen LogP contribution in [0.2, 0.25) is 0 Å². The van der Waals surface area contributed by atoms with Gasteiger partial charge >= 0.3 is 0 Å². The Kier molecular flexibility index (Phi) is 4.67. The third-order valence-corrected chi connectivity index (χ3v) is 5.12. The molecule has 1 aliphatic heterocycles. The number of para-hydroxylation sites is 1. The fourth-order valence-corrected chi connectivity index (χ4v) is 3.65. The third kappa shape index (κ3) is 3.58. The van der Waals surface area contributed by atoms with Gasteiger partial charge in [0.1, 0.15) is 5.75 Å². The van der Waals surface area contributed by atoms with Gasteiger partial charge in [-0.05, 0) is 35.2 Å². The Hall–Kier alpha value is -3.08. The van der Waals surface area contributed by atoms with Gasteiger partial charge in [-0.3, -0.25) is 9.48 Å². The number of fused-ring (bicyclic) bond motifs is 1. The first kappa shape index (κ1) is 17.3. The predicted molar refractivity (Wildman–Crippen MR) is 104 cm³/mol. The zero-order valence-electron chi connectivity index (χ0n) is 15.6. The molecule has 3 aromatic rings. The van der Waals surface area contributed by atoms with E-state index in [0.717, 1.165) is 16.9 Å². The normalized spacial score (nSPS) is 16.1. The van der Waals surface area contributed by atoms with Crippen LogP contribution in [-0.2, 0) is 18.4 Å². The number of carbonyl (C=O) groups excluding carboxylic acids is 1. The summed E-state index contributed by atoms with van der Waals surface area (Å²) in [4.78, 5) is 14.7. The molecule has 0 saturated heterocycles. The molecule has 4 rings (SSSR count). The lowest BCUT2D eigenvalue weighted by molar-refractivity contribution is -0.134. The van der Waals surface area contributed by atoms with Gasteiger partial charge in [0.05, 0.1) is 6.20 Å². The van der Waals surface area contributed by atoms with Gasteiger partial charge < -0.3 is 9.64 Å². The van der Waals surface area contributed by atoms with Crippen molar-refractivity contribution in [2.75, 3.05) is 13.2 Å². The molecule has 0 fully saturated rings. The van der Waals surface area contributed by atoms with Gasteiger partial charge in [-0.1, -0.05) is 42.5 Å². The molecule has 2 aromatic carbocycles. The van der Waals surface area contributed by atoms with Crippen molar-refractivity contribution in [3.8, 4) is 5.75 Å². The summed E-state index contributed by atoms with van der Waals surface area (Å²) < 4.78 is 7.58. The van der Waals surface area contributed by atoms with Crippen molar-refractivity contribution < 1.29 is 9.53 Å². The molecule has 1 unspecified atom stereocenters. The van der Waals surface area contributed by atoms with E-state index in [1.165, 1.54) is 11.1 Å². The first-order chi connectivity index (χ1) is 13.1. The second kappa shape index (κ2) is 7.27. The van der Waals surface area contributed by atoms with Crippen LogP contribution in [0.4, 0.5) is 0 Å². The molecule has 138 valence electrons. The first-order valence-electron chi connectivity index (χ1n) is 9.14. The quantitative estimate of drug-likeness (QED) is 0.716. The number of ether oxygens (including phenoxy) is 1. The summed E-state index contributed by atoms with van der Waals surface area (Å²) in [6.45, 7) is 3.28. The maximum atomic E-state index is 12.9. The van der Waals surface area contributed by atoms with Crippen LogP contribution < -0.4 is 4.74 Å². The van der Waals surface area contributed by atoms with Gasteiger partial charge in [0.2, 0.25) is 0 Å². The largest absolute Gasteiger partial charge is 0.484 e. The monoisotopic (exact) mass is 361 g/mol. The van der Waals surface area contributed by atoms with Crippen molar-refractivity contribution >= 4 is 5.91 Å². The molecule has 0 aliphatic carbocycles. The van der Waals surface area contributed by atoms with E-state index in [0.29, 0.717) is 13.1 Å². The fraction of sp³-hybridized carbons (Fsp3) is 0.273. The molecule has 5 heteroatoms. The number of hydrogen-bond acceptors (Lipinski definition) is 3. The molecule has 1 atom stereocenters. The number of hydrogen-bond donors (Lipinski definition) is 0. The van der Waals surface area contributed by atoms with Crippen LogP contribution in [0, 0.1) is 6.92 Å². The highest BCUT2D eigenvalue weighted by Gasteiger charge is 2.29. The van der Waals surface area contributed by atoms with Gasteiger partial charge in [0.25, 0.3) is 5.91 Å². The van der Waals surface area contributed by atoms with Crippen molar-refractivity contribution in [3.63, 3.8) is 0 Å². The third-order valence-electron chi connectivity index (χ3n) is 5.12. The van der Waals surface area contributed by atoms with Crippen LogP contribution >= 0.6 is 0 Å². The summed E-state index contributed by atoms with van der Waals surface area (Å²) in [5.74, 6) is 0.889. The topological polar surface area (TPSA) is 47.4 Å². The van der Waals surface area contributed by atoms with Crippen LogP contribution in [0.3, 0.4) is 0 Å². The van der Waals surface area contributed by atoms with E-state index in [1.54, 1.807) is 4.68 Å². The van der Waals surface area contributed by atoms with E-state index in [-0.39, 0.29) is 18.4 Å². The summed E-state index contributed by atoms with van der Waals surface area (Å²) in [7, 11) is 1.91. The smallest absolute Gasteiger partial charge is 0.260 e. The van der Waals surface area contributed by atoms with E-state index >= 15 is 0 Å². The standard InChI is InChI=1S/C22H23N3O2/c1-16-7-3-6-10-21(16)27-15-22(26)25-13-17-8-4-5-9-19(17)20(14-25)18-11-23-24(2)12-18/h3-12,20H,13-15H2,1-2H3. The lowest BCUT2D eigenvalue weighted by atomic mass is 9.86. The number of nitrogens with zero attached hydrogens (tertiary/aromatic N) is 3. The number of carbonyl (C=O) groups is 1. The van der Waals surface area contributed by atoms with E-state index < -0.39 is 0 Å². The highest BCUT2D eigenvalue weighted by Crippen LogP contribution is 2.33. The van der Waals surface area contributed by atoms with Gasteiger partial charge in [0, 0.05) is 32.3 Å². The summed E-state index contributed by atoms with van der Waals surface area (Å²) >= 11 is 0. The highest BCUT2D eigenvalue weighted by atomic mass is 16.5. The lowest BCUT2D eigenvalue weighted by Crippen LogP contribution is -2.41. The Labute approximate surface area is 159 Å². The molecule has 0 bridgehead atoms. The van der Waals surface area contributed by atoms with Crippen molar-refractivity contribution in [2.45, 2.75) is 19.4 Å². The van der Waals surface area contributed by atoms with Gasteiger partial charge in [0.15, 0.2) is 6.61 Å². The fourth-order valence-electron chi connectivity index (χ4n) is 3.65. The predicted octanol–water partition coefficient (Wildman–Crippen LogP) is 3.28. The second-order valence-corrected chi connectivity index (χ2v) is 7.03. The molecule has 27 heavy (non-hydrogen) atoms. The minimum absolute atomic E-state index is 0.00152. The van der Waals surface area contributed by atoms with Gasteiger partial charge in [-0.25, -0.2) is 0 Å². The van der Waals surface area contributed by atoms with Crippen LogP contribution in [-0.4, -0.2) is 33.7 Å². The van der Waals surface area contributed by atoms with Crippen molar-refractivity contribution in [1.29, 1.82) is 0 Å². The average Bonchev–Trinajstić information content (AvgIpc) is 3.12. The number of rotatable bonds is 4. The number of aryl methyl sites for hydroxylation is 2. The zero-order valence-corrected chi connectivity index (χ0v) is 15.6. The molecule has 1 aromatic heterocycles. The minimum Gasteiger partial charge on any atom is -0.484 e. The Bertz CT molecular complexity index is 963. The Balaban J connectivity index is 1.54. The molecule has 2 heterocycles. The SMILES string of the molecule is Cc1ccccc1OCC(=O)N1Cc2ccccc2C(c2cnn(C)c2)C1. The molecular weight excluding hydrogens is 338 g/mol. The van der Waals surface area contributed by atoms with Crippen LogP contribution in [0.5, 0.6) is 5.75 Å². The minimum atomic E-state index is 0.00152. The van der Waals surface area contributed by atoms with E-state index in [2.05, 4.69) is 23.3 Å². The molecule has 0 spiro atoms. The molecule has 0 N–H and O–H groups in total. The Morgan fingerprint density at radius 3 is 2.74 bits per heavy atom. The summed E-state index contributed by atoms with van der Waals surface area (Å²) in [5, 5.41) is 4.31. The van der Waals surface area contributed by atoms with E-state index in [4.69, 9.17) is 4.74 Å². The van der Waals surface area contributed by atoms with E-state index in [1.807, 2.05) is 61.6 Å². The Morgan fingerprint density at radius 2 is 1.96 bits per heavy atom. The van der Waals surface area contributed by atoms with Crippen molar-refractivity contribution in [2.24, 2.45) is 7.05 Å². The van der Waals surface area contributed by atoms with Gasteiger partial charge in [-0.15, -0.1) is 0 Å². The lowest BCUT2D eigenvalue weighted by Gasteiger charge is -2.34. The van der Waals surface area contributed by atoms with Crippen LogP contribution in [0.15, 0.2) is 60.9 Å². The molecule has 1 amide bonds. The van der Waals surface area contributed by atoms with Crippen LogP contribution in [0.1, 0.15) is 28.2 Å². The number of benzene rings is 2. The average molecular weight is 361 g/mol. The summed E-state index contributed by atoms with van der Waals surface area (Å²) in [5.41, 5.74) is 4.61.